The van der Waals surface area contributed by atoms with Crippen molar-refractivity contribution in [3.8, 4) is 11.4 Å². The van der Waals surface area contributed by atoms with Crippen molar-refractivity contribution >= 4 is 22.8 Å². The van der Waals surface area contributed by atoms with E-state index in [1.54, 1.807) is 0 Å². The van der Waals surface area contributed by atoms with Crippen molar-refractivity contribution in [1.29, 1.82) is 0 Å². The van der Waals surface area contributed by atoms with E-state index in [0.717, 1.165) is 41.6 Å². The Balaban J connectivity index is 1.59. The minimum atomic E-state index is -0.125. The number of anilines is 1. The molecule has 2 aromatic heterocycles. The molecule has 1 aromatic carbocycles. The molecule has 2 unspecified atom stereocenters. The molecule has 27 heavy (non-hydrogen) atoms. The van der Waals surface area contributed by atoms with Gasteiger partial charge in [0.25, 0.3) is 5.91 Å². The number of benzene rings is 1. The van der Waals surface area contributed by atoms with E-state index in [1.165, 1.54) is 6.42 Å². The predicted octanol–water partition coefficient (Wildman–Crippen LogP) is 2.55. The molecule has 1 amide bonds. The highest BCUT2D eigenvalue weighted by molar-refractivity contribution is 6.03. The van der Waals surface area contributed by atoms with Crippen LogP contribution in [0.5, 0.6) is 0 Å². The maximum absolute atomic E-state index is 12.4. The number of aromatic nitrogens is 3. The molecule has 2 atom stereocenters. The molecule has 5 N–H and O–H groups in total. The van der Waals surface area contributed by atoms with E-state index in [2.05, 4.69) is 20.6 Å². The molecule has 7 nitrogen and oxygen atoms in total. The molecule has 3 aromatic rings. The van der Waals surface area contributed by atoms with E-state index in [0.29, 0.717) is 23.8 Å². The fraction of sp³-hybridized carbons (Fsp3) is 0.350. The lowest BCUT2D eigenvalue weighted by molar-refractivity contribution is 0.0966. The molecule has 3 heterocycles. The molecular weight excluding hydrogens is 340 g/mol. The van der Waals surface area contributed by atoms with Crippen LogP contribution < -0.4 is 16.4 Å². The Bertz CT molecular complexity index is 993. The summed E-state index contributed by atoms with van der Waals surface area (Å²) >= 11 is 0. The normalized spacial score (nSPS) is 21.9. The number of hydrogen-bond acceptors (Lipinski definition) is 5. The summed E-state index contributed by atoms with van der Waals surface area (Å²) in [6, 6.07) is 10.3. The quantitative estimate of drug-likeness (QED) is 0.572. The van der Waals surface area contributed by atoms with Gasteiger partial charge in [0.05, 0.1) is 23.5 Å². The first-order valence-corrected chi connectivity index (χ1v) is 9.48. The van der Waals surface area contributed by atoms with Gasteiger partial charge in [-0.15, -0.1) is 0 Å². The zero-order valence-corrected chi connectivity index (χ0v) is 15.0. The highest BCUT2D eigenvalue weighted by atomic mass is 16.1. The first-order valence-electron chi connectivity index (χ1n) is 9.48. The van der Waals surface area contributed by atoms with Crippen molar-refractivity contribution in [2.75, 3.05) is 5.32 Å². The molecule has 5 rings (SSSR count). The molecule has 0 saturated heterocycles. The second-order valence-electron chi connectivity index (χ2n) is 7.37. The number of rotatable bonds is 3. The summed E-state index contributed by atoms with van der Waals surface area (Å²) in [5.74, 6) is 0.417. The van der Waals surface area contributed by atoms with Gasteiger partial charge in [-0.1, -0.05) is 31.0 Å². The zero-order valence-electron chi connectivity index (χ0n) is 15.0. The van der Waals surface area contributed by atoms with Crippen LogP contribution in [0.4, 0.5) is 5.95 Å². The number of nitrogens with zero attached hydrogens (tertiary/aromatic N) is 2. The average Bonchev–Trinajstić information content (AvgIpc) is 3.27. The number of carbonyl (C=O) groups is 1. The zero-order chi connectivity index (χ0) is 18.4. The van der Waals surface area contributed by atoms with Gasteiger partial charge in [-0.3, -0.25) is 4.79 Å². The largest absolute Gasteiger partial charge is 0.353 e. The Morgan fingerprint density at radius 3 is 2.85 bits per heavy atom. The average molecular weight is 362 g/mol. The van der Waals surface area contributed by atoms with Crippen molar-refractivity contribution in [3.05, 3.63) is 41.6 Å². The smallest absolute Gasteiger partial charge is 0.255 e. The molecule has 1 aliphatic carbocycles. The molecule has 1 aliphatic heterocycles. The third-order valence-corrected chi connectivity index (χ3v) is 5.55. The molecule has 138 valence electrons. The Hall–Kier alpha value is -2.93. The van der Waals surface area contributed by atoms with E-state index < -0.39 is 0 Å². The standard InChI is InChI=1S/C20H22N6O/c21-12-6-2-4-8-14(12)24-20-25-16-10-22-19(27)17(16)18(26-20)15-9-11-5-1-3-7-13(11)23-15/h1,3,5,7,9,12,14,23H,2,4,6,8,10,21H2,(H,22,27)(H,24,25,26). The molecule has 0 spiro atoms. The van der Waals surface area contributed by atoms with Gasteiger partial charge < -0.3 is 21.4 Å². The maximum atomic E-state index is 12.4. The lowest BCUT2D eigenvalue weighted by atomic mass is 9.91. The Morgan fingerprint density at radius 2 is 2.00 bits per heavy atom. The summed E-state index contributed by atoms with van der Waals surface area (Å²) in [4.78, 5) is 25.1. The first-order chi connectivity index (χ1) is 13.2. The second-order valence-corrected chi connectivity index (χ2v) is 7.37. The van der Waals surface area contributed by atoms with Crippen molar-refractivity contribution in [1.82, 2.24) is 20.3 Å². The van der Waals surface area contributed by atoms with Crippen LogP contribution in [0.1, 0.15) is 41.7 Å². The van der Waals surface area contributed by atoms with E-state index in [-0.39, 0.29) is 18.0 Å². The topological polar surface area (TPSA) is 109 Å². The number of H-pyrrole nitrogens is 1. The Labute approximate surface area is 156 Å². The number of nitrogens with two attached hydrogens (primary N) is 1. The summed E-state index contributed by atoms with van der Waals surface area (Å²) in [7, 11) is 0. The summed E-state index contributed by atoms with van der Waals surface area (Å²) in [5, 5.41) is 7.36. The minimum Gasteiger partial charge on any atom is -0.353 e. The lowest BCUT2D eigenvalue weighted by Gasteiger charge is -2.29. The number of fused-ring (bicyclic) bond motifs is 2. The van der Waals surface area contributed by atoms with Crippen molar-refractivity contribution in [2.45, 2.75) is 44.3 Å². The van der Waals surface area contributed by atoms with Crippen LogP contribution in [0, 0.1) is 0 Å². The van der Waals surface area contributed by atoms with Crippen LogP contribution in [-0.4, -0.2) is 32.9 Å². The van der Waals surface area contributed by atoms with E-state index >= 15 is 0 Å². The molecule has 1 saturated carbocycles. The van der Waals surface area contributed by atoms with E-state index in [4.69, 9.17) is 10.7 Å². The van der Waals surface area contributed by atoms with E-state index in [1.807, 2.05) is 30.3 Å². The van der Waals surface area contributed by atoms with Gasteiger partial charge in [-0.2, -0.15) is 0 Å². The summed E-state index contributed by atoms with van der Waals surface area (Å²) in [6.45, 7) is 0.426. The molecular formula is C20H22N6O. The molecule has 2 aliphatic rings. The van der Waals surface area contributed by atoms with Crippen molar-refractivity contribution in [3.63, 3.8) is 0 Å². The summed E-state index contributed by atoms with van der Waals surface area (Å²) in [5.41, 5.74) is 10.0. The lowest BCUT2D eigenvalue weighted by Crippen LogP contribution is -2.43. The highest BCUT2D eigenvalue weighted by Gasteiger charge is 2.29. The van der Waals surface area contributed by atoms with Gasteiger partial charge in [0.15, 0.2) is 0 Å². The van der Waals surface area contributed by atoms with Gasteiger partial charge in [-0.05, 0) is 25.0 Å². The van der Waals surface area contributed by atoms with Crippen LogP contribution in [0.2, 0.25) is 0 Å². The highest BCUT2D eigenvalue weighted by Crippen LogP contribution is 2.30. The van der Waals surface area contributed by atoms with Crippen LogP contribution in [0.25, 0.3) is 22.3 Å². The number of hydrogen-bond donors (Lipinski definition) is 4. The predicted molar refractivity (Wildman–Crippen MR) is 104 cm³/mol. The van der Waals surface area contributed by atoms with E-state index in [9.17, 15) is 4.79 Å². The van der Waals surface area contributed by atoms with Crippen LogP contribution in [0.3, 0.4) is 0 Å². The third kappa shape index (κ3) is 2.84. The van der Waals surface area contributed by atoms with Crippen molar-refractivity contribution < 1.29 is 4.79 Å². The number of amides is 1. The van der Waals surface area contributed by atoms with Gasteiger partial charge >= 0.3 is 0 Å². The van der Waals surface area contributed by atoms with Gasteiger partial charge in [-0.25, -0.2) is 9.97 Å². The molecule has 1 fully saturated rings. The van der Waals surface area contributed by atoms with Gasteiger partial charge in [0.1, 0.15) is 5.69 Å². The SMILES string of the molecule is NC1CCCCC1Nc1nc2c(c(-c3cc4ccccc4[nH]3)n1)C(=O)NC2. The van der Waals surface area contributed by atoms with Gasteiger partial charge in [0.2, 0.25) is 5.95 Å². The second kappa shape index (κ2) is 6.35. The molecule has 0 radical (unpaired) electrons. The van der Waals surface area contributed by atoms with Crippen LogP contribution >= 0.6 is 0 Å². The van der Waals surface area contributed by atoms with Crippen LogP contribution in [0.15, 0.2) is 30.3 Å². The van der Waals surface area contributed by atoms with Crippen LogP contribution in [-0.2, 0) is 6.54 Å². The Morgan fingerprint density at radius 1 is 1.15 bits per heavy atom. The fourth-order valence-corrected chi connectivity index (χ4v) is 4.09. The summed E-state index contributed by atoms with van der Waals surface area (Å²) in [6.07, 6.45) is 4.35. The third-order valence-electron chi connectivity index (χ3n) is 5.55. The number of carbonyl (C=O) groups excluding carboxylic acids is 1. The minimum absolute atomic E-state index is 0.104. The summed E-state index contributed by atoms with van der Waals surface area (Å²) < 4.78 is 0. The Kier molecular flexibility index (Phi) is 3.82. The van der Waals surface area contributed by atoms with Crippen molar-refractivity contribution in [2.24, 2.45) is 5.73 Å². The molecule has 0 bridgehead atoms. The van der Waals surface area contributed by atoms with Gasteiger partial charge in [0, 0.05) is 23.0 Å². The monoisotopic (exact) mass is 362 g/mol. The first kappa shape index (κ1) is 16.3. The maximum Gasteiger partial charge on any atom is 0.255 e. The number of aromatic amines is 1. The number of nitrogens with one attached hydrogen (secondary N) is 3. The number of para-hydroxylation sites is 1. The fourth-order valence-electron chi connectivity index (χ4n) is 4.09. The molecule has 7 heteroatoms.